The molecule has 0 saturated carbocycles. The van der Waals surface area contributed by atoms with Gasteiger partial charge in [0.2, 0.25) is 0 Å². The Labute approximate surface area is 235 Å². The van der Waals surface area contributed by atoms with Gasteiger partial charge in [0.05, 0.1) is 0 Å². The summed E-state index contributed by atoms with van der Waals surface area (Å²) >= 11 is 0. The van der Waals surface area contributed by atoms with Crippen LogP contribution in [0.2, 0.25) is 0 Å². The van der Waals surface area contributed by atoms with Crippen molar-refractivity contribution in [3.8, 4) is 11.1 Å². The summed E-state index contributed by atoms with van der Waals surface area (Å²) in [5.74, 6) is 0. The standard InChI is InChI=1S/C25H16.C9H12.Y/c1-3-11-19(12-4-1)25(20-13-5-2-6-14-20)23-17-9-7-15-21(23)22-16-8-10-18-24(22)25;1-7-4-8(2)6-9(3)5-7;/h1-11,13,15-18H;4-6H,1-3H3;/q-2;;. The Morgan fingerprint density at radius 1 is 0.486 bits per heavy atom. The van der Waals surface area contributed by atoms with Crippen molar-refractivity contribution in [3.05, 3.63) is 166 Å². The summed E-state index contributed by atoms with van der Waals surface area (Å²) in [4.78, 5) is 0. The maximum atomic E-state index is 3.51. The van der Waals surface area contributed by atoms with Gasteiger partial charge in [0.25, 0.3) is 0 Å². The van der Waals surface area contributed by atoms with Crippen LogP contribution in [0.1, 0.15) is 38.9 Å². The number of benzene rings is 5. The van der Waals surface area contributed by atoms with Crippen LogP contribution in [0, 0.1) is 32.9 Å². The fourth-order valence-electron chi connectivity index (χ4n) is 5.42. The molecule has 0 unspecified atom stereocenters. The Morgan fingerprint density at radius 2 is 0.857 bits per heavy atom. The molecule has 0 fully saturated rings. The molecule has 1 heteroatoms. The molecule has 0 nitrogen and oxygen atoms in total. The predicted octanol–water partition coefficient (Wildman–Crippen LogP) is 8.26. The molecule has 1 aliphatic rings. The zero-order valence-electron chi connectivity index (χ0n) is 20.5. The summed E-state index contributed by atoms with van der Waals surface area (Å²) < 4.78 is 0. The number of rotatable bonds is 2. The molecule has 0 aromatic heterocycles. The van der Waals surface area contributed by atoms with Gasteiger partial charge < -0.3 is 0 Å². The third kappa shape index (κ3) is 4.71. The summed E-state index contributed by atoms with van der Waals surface area (Å²) in [5.41, 5.74) is 11.2. The molecule has 5 aromatic rings. The summed E-state index contributed by atoms with van der Waals surface area (Å²) in [6.07, 6.45) is 0. The second kappa shape index (κ2) is 10.9. The molecule has 5 aromatic carbocycles. The van der Waals surface area contributed by atoms with E-state index in [1.165, 1.54) is 38.9 Å². The van der Waals surface area contributed by atoms with Crippen LogP contribution >= 0.6 is 0 Å². The van der Waals surface area contributed by atoms with Crippen LogP contribution in [-0.4, -0.2) is 0 Å². The smallest absolute Gasteiger partial charge is 0.0266 e. The zero-order chi connectivity index (χ0) is 23.5. The van der Waals surface area contributed by atoms with Gasteiger partial charge in [-0.15, -0.1) is 11.1 Å². The Morgan fingerprint density at radius 3 is 1.23 bits per heavy atom. The molecule has 0 saturated heterocycles. The molecule has 0 aliphatic heterocycles. The van der Waals surface area contributed by atoms with Gasteiger partial charge in [-0.05, 0) is 43.0 Å². The van der Waals surface area contributed by atoms with Crippen LogP contribution in [-0.2, 0) is 38.1 Å². The molecule has 6 rings (SSSR count). The summed E-state index contributed by atoms with van der Waals surface area (Å²) in [6, 6.07) is 47.6. The van der Waals surface area contributed by atoms with Crippen LogP contribution in [0.3, 0.4) is 0 Å². The fourth-order valence-corrected chi connectivity index (χ4v) is 5.42. The third-order valence-corrected chi connectivity index (χ3v) is 6.54. The second-order valence-electron chi connectivity index (χ2n) is 9.06. The summed E-state index contributed by atoms with van der Waals surface area (Å²) in [6.45, 7) is 6.38. The van der Waals surface area contributed by atoms with E-state index < -0.39 is 0 Å². The van der Waals surface area contributed by atoms with Gasteiger partial charge in [-0.2, -0.15) is 60.7 Å². The van der Waals surface area contributed by atoms with Crippen molar-refractivity contribution in [2.24, 2.45) is 0 Å². The molecule has 0 heterocycles. The molecule has 0 spiro atoms. The first kappa shape index (κ1) is 25.3. The van der Waals surface area contributed by atoms with Crippen LogP contribution in [0.25, 0.3) is 11.1 Å². The molecule has 0 amide bonds. The maximum absolute atomic E-state index is 3.51. The van der Waals surface area contributed by atoms with Crippen molar-refractivity contribution in [1.82, 2.24) is 0 Å². The van der Waals surface area contributed by atoms with Gasteiger partial charge in [0.15, 0.2) is 0 Å². The van der Waals surface area contributed by atoms with Gasteiger partial charge in [0.1, 0.15) is 0 Å². The Kier molecular flexibility index (Phi) is 7.85. The zero-order valence-corrected chi connectivity index (χ0v) is 23.4. The summed E-state index contributed by atoms with van der Waals surface area (Å²) in [5, 5.41) is 0. The van der Waals surface area contributed by atoms with Gasteiger partial charge in [-0.1, -0.05) is 83.4 Å². The van der Waals surface area contributed by atoms with E-state index in [1.54, 1.807) is 0 Å². The van der Waals surface area contributed by atoms with Gasteiger partial charge in [-0.3, -0.25) is 0 Å². The Bertz CT molecular complexity index is 1280. The molecule has 169 valence electrons. The Balaban J connectivity index is 0.000000247. The second-order valence-corrected chi connectivity index (χ2v) is 9.06. The molecule has 1 radical (unpaired) electrons. The van der Waals surface area contributed by atoms with Crippen molar-refractivity contribution in [1.29, 1.82) is 0 Å². The van der Waals surface area contributed by atoms with Gasteiger partial charge in [-0.25, -0.2) is 0 Å². The average molecular weight is 526 g/mol. The SMILES string of the molecule is Cc1cc(C)cc(C)c1.[Y].[c-]1ccccc1C1(c2[c-]cccc2)c2ccccc2-c2ccccc21. The van der Waals surface area contributed by atoms with Crippen molar-refractivity contribution in [2.75, 3.05) is 0 Å². The molecule has 0 atom stereocenters. The fraction of sp³-hybridized carbons (Fsp3) is 0.118. The topological polar surface area (TPSA) is 0 Å². The van der Waals surface area contributed by atoms with Crippen LogP contribution in [0.4, 0.5) is 0 Å². The van der Waals surface area contributed by atoms with Crippen molar-refractivity contribution >= 4 is 0 Å². The van der Waals surface area contributed by atoms with Crippen LogP contribution in [0.5, 0.6) is 0 Å². The van der Waals surface area contributed by atoms with Gasteiger partial charge in [0, 0.05) is 38.1 Å². The molecule has 0 N–H and O–H groups in total. The minimum atomic E-state index is -0.365. The quantitative estimate of drug-likeness (QED) is 0.200. The molecule has 35 heavy (non-hydrogen) atoms. The Hall–Kier alpha value is -2.80. The van der Waals surface area contributed by atoms with Crippen LogP contribution in [0.15, 0.2) is 115 Å². The first-order valence-corrected chi connectivity index (χ1v) is 11.8. The molecule has 0 bridgehead atoms. The number of hydrogen-bond donors (Lipinski definition) is 0. The monoisotopic (exact) mass is 525 g/mol. The minimum absolute atomic E-state index is 0. The third-order valence-electron chi connectivity index (χ3n) is 6.54. The number of fused-ring (bicyclic) bond motifs is 3. The largest absolute Gasteiger partial charge is 0.179 e. The number of hydrogen-bond acceptors (Lipinski definition) is 0. The van der Waals surface area contributed by atoms with E-state index in [-0.39, 0.29) is 38.1 Å². The van der Waals surface area contributed by atoms with E-state index in [9.17, 15) is 0 Å². The van der Waals surface area contributed by atoms with Crippen molar-refractivity contribution < 1.29 is 32.7 Å². The minimum Gasteiger partial charge on any atom is -0.179 e. The summed E-state index contributed by atoms with van der Waals surface area (Å²) in [7, 11) is 0. The van der Waals surface area contributed by atoms with Gasteiger partial charge >= 0.3 is 0 Å². The van der Waals surface area contributed by atoms with E-state index in [1.807, 2.05) is 24.3 Å². The van der Waals surface area contributed by atoms with E-state index in [0.29, 0.717) is 0 Å². The van der Waals surface area contributed by atoms with Crippen molar-refractivity contribution in [3.63, 3.8) is 0 Å². The van der Waals surface area contributed by atoms with E-state index in [2.05, 4.69) is 124 Å². The average Bonchev–Trinajstić information content (AvgIpc) is 3.16. The molecular weight excluding hydrogens is 497 g/mol. The first-order chi connectivity index (χ1) is 16.6. The van der Waals surface area contributed by atoms with Crippen LogP contribution < -0.4 is 0 Å². The predicted molar refractivity (Wildman–Crippen MR) is 142 cm³/mol. The first-order valence-electron chi connectivity index (χ1n) is 11.8. The van der Waals surface area contributed by atoms with Crippen molar-refractivity contribution in [2.45, 2.75) is 26.2 Å². The maximum Gasteiger partial charge on any atom is 0.0266 e. The van der Waals surface area contributed by atoms with E-state index in [4.69, 9.17) is 0 Å². The molecular formula is C34H28Y-2. The number of aryl methyl sites for hydroxylation is 3. The molecule has 1 aliphatic carbocycles. The van der Waals surface area contributed by atoms with E-state index in [0.717, 1.165) is 11.1 Å². The normalized spacial score (nSPS) is 12.4. The van der Waals surface area contributed by atoms with E-state index >= 15 is 0 Å².